The molecule has 1 aromatic carbocycles. The Morgan fingerprint density at radius 3 is 2.59 bits per heavy atom. The van der Waals surface area contributed by atoms with E-state index in [4.69, 9.17) is 21.1 Å². The standard InChI is InChI=1S/C17H17ClN2O2/c1-9-10(2)20-6-5-11-12(16(20)13(9)8-19)7-14(21-3)17(22-4)15(11)18/h7H,5-6H2,1-4H3. The number of benzene rings is 1. The molecule has 2 aromatic rings. The van der Waals surface area contributed by atoms with Crippen molar-refractivity contribution in [2.75, 3.05) is 14.2 Å². The molecule has 0 N–H and O–H groups in total. The van der Waals surface area contributed by atoms with E-state index in [-0.39, 0.29) is 0 Å². The minimum atomic E-state index is 0.551. The maximum absolute atomic E-state index is 9.56. The predicted molar refractivity (Wildman–Crippen MR) is 85.9 cm³/mol. The number of hydrogen-bond donors (Lipinski definition) is 0. The molecule has 0 aliphatic carbocycles. The van der Waals surface area contributed by atoms with Crippen molar-refractivity contribution >= 4 is 11.6 Å². The van der Waals surface area contributed by atoms with Gasteiger partial charge in [0.2, 0.25) is 0 Å². The Hall–Kier alpha value is -2.12. The highest BCUT2D eigenvalue weighted by Crippen LogP contribution is 2.47. The van der Waals surface area contributed by atoms with Gasteiger partial charge in [-0.05, 0) is 37.5 Å². The number of fused-ring (bicyclic) bond motifs is 3. The van der Waals surface area contributed by atoms with E-state index in [1.165, 1.54) is 0 Å². The molecule has 4 nitrogen and oxygen atoms in total. The lowest BCUT2D eigenvalue weighted by Gasteiger charge is -2.24. The van der Waals surface area contributed by atoms with E-state index in [0.29, 0.717) is 22.1 Å². The quantitative estimate of drug-likeness (QED) is 0.845. The minimum absolute atomic E-state index is 0.551. The van der Waals surface area contributed by atoms with Gasteiger partial charge < -0.3 is 14.0 Å². The van der Waals surface area contributed by atoms with Gasteiger partial charge in [0.25, 0.3) is 0 Å². The van der Waals surface area contributed by atoms with Gasteiger partial charge in [-0.15, -0.1) is 0 Å². The van der Waals surface area contributed by atoms with Crippen molar-refractivity contribution in [2.24, 2.45) is 0 Å². The Morgan fingerprint density at radius 2 is 2.00 bits per heavy atom. The van der Waals surface area contributed by atoms with Crippen molar-refractivity contribution in [2.45, 2.75) is 26.8 Å². The van der Waals surface area contributed by atoms with Gasteiger partial charge in [-0.3, -0.25) is 0 Å². The number of rotatable bonds is 2. The summed E-state index contributed by atoms with van der Waals surface area (Å²) < 4.78 is 13.0. The smallest absolute Gasteiger partial charge is 0.179 e. The lowest BCUT2D eigenvalue weighted by atomic mass is 9.95. The summed E-state index contributed by atoms with van der Waals surface area (Å²) in [4.78, 5) is 0. The number of ether oxygens (including phenoxy) is 2. The van der Waals surface area contributed by atoms with Crippen LogP contribution in [-0.4, -0.2) is 18.8 Å². The lowest BCUT2D eigenvalue weighted by Crippen LogP contribution is -2.13. The minimum Gasteiger partial charge on any atom is -0.493 e. The van der Waals surface area contributed by atoms with Gasteiger partial charge in [0, 0.05) is 17.8 Å². The molecule has 1 aliphatic rings. The summed E-state index contributed by atoms with van der Waals surface area (Å²) in [6, 6.07) is 4.26. The van der Waals surface area contributed by atoms with Crippen LogP contribution in [-0.2, 0) is 13.0 Å². The van der Waals surface area contributed by atoms with Crippen LogP contribution in [0, 0.1) is 25.2 Å². The average Bonchev–Trinajstić information content (AvgIpc) is 2.78. The van der Waals surface area contributed by atoms with Gasteiger partial charge in [-0.25, -0.2) is 0 Å². The Labute approximate surface area is 134 Å². The van der Waals surface area contributed by atoms with Crippen molar-refractivity contribution in [1.29, 1.82) is 5.26 Å². The molecule has 114 valence electrons. The highest BCUT2D eigenvalue weighted by atomic mass is 35.5. The summed E-state index contributed by atoms with van der Waals surface area (Å²) in [7, 11) is 3.17. The summed E-state index contributed by atoms with van der Waals surface area (Å²) in [5, 5.41) is 10.1. The third-order valence-corrected chi connectivity index (χ3v) is 4.89. The first-order valence-electron chi connectivity index (χ1n) is 7.08. The Bertz CT molecular complexity index is 816. The van der Waals surface area contributed by atoms with Crippen LogP contribution in [0.25, 0.3) is 11.3 Å². The van der Waals surface area contributed by atoms with Gasteiger partial charge in [-0.2, -0.15) is 5.26 Å². The third kappa shape index (κ3) is 1.82. The van der Waals surface area contributed by atoms with E-state index >= 15 is 0 Å². The monoisotopic (exact) mass is 316 g/mol. The molecule has 0 bridgehead atoms. The molecule has 1 aliphatic heterocycles. The molecule has 5 heteroatoms. The summed E-state index contributed by atoms with van der Waals surface area (Å²) in [5.74, 6) is 1.13. The molecule has 0 radical (unpaired) electrons. The Morgan fingerprint density at radius 1 is 1.27 bits per heavy atom. The van der Waals surface area contributed by atoms with Crippen molar-refractivity contribution in [1.82, 2.24) is 4.57 Å². The summed E-state index contributed by atoms with van der Waals surface area (Å²) in [5.41, 5.74) is 5.77. The molecule has 1 aromatic heterocycles. The fourth-order valence-corrected chi connectivity index (χ4v) is 3.59. The first-order valence-corrected chi connectivity index (χ1v) is 7.46. The fraction of sp³-hybridized carbons (Fsp3) is 0.353. The molecule has 3 rings (SSSR count). The van der Waals surface area contributed by atoms with E-state index in [1.54, 1.807) is 14.2 Å². The first-order chi connectivity index (χ1) is 10.5. The van der Waals surface area contributed by atoms with Crippen molar-refractivity contribution in [3.8, 4) is 28.8 Å². The highest BCUT2D eigenvalue weighted by Gasteiger charge is 2.28. The zero-order valence-corrected chi connectivity index (χ0v) is 13.8. The molecule has 0 unspecified atom stereocenters. The SMILES string of the molecule is COc1cc2c(c(Cl)c1OC)CCn1c(C)c(C)c(C#N)c1-2. The molecule has 2 heterocycles. The van der Waals surface area contributed by atoms with E-state index in [0.717, 1.165) is 41.0 Å². The third-order valence-electron chi connectivity index (χ3n) is 4.49. The normalized spacial score (nSPS) is 12.4. The topological polar surface area (TPSA) is 47.2 Å². The maximum atomic E-state index is 9.56. The van der Waals surface area contributed by atoms with Crippen molar-refractivity contribution < 1.29 is 9.47 Å². The second kappa shape index (κ2) is 5.26. The Kier molecular flexibility index (Phi) is 3.54. The van der Waals surface area contributed by atoms with Crippen LogP contribution in [0.3, 0.4) is 0 Å². The molecule has 0 amide bonds. The number of methoxy groups -OCH3 is 2. The molecule has 0 saturated carbocycles. The second-order valence-corrected chi connectivity index (χ2v) is 5.78. The van der Waals surface area contributed by atoms with E-state index in [9.17, 15) is 5.26 Å². The molecule has 0 saturated heterocycles. The molecular weight excluding hydrogens is 300 g/mol. The van der Waals surface area contributed by atoms with E-state index < -0.39 is 0 Å². The number of nitriles is 1. The molecular formula is C17H17ClN2O2. The van der Waals surface area contributed by atoms with Crippen molar-refractivity contribution in [3.63, 3.8) is 0 Å². The summed E-state index contributed by atoms with van der Waals surface area (Å²) in [6.45, 7) is 4.85. The number of nitrogens with zero attached hydrogens (tertiary/aromatic N) is 2. The van der Waals surface area contributed by atoms with Crippen molar-refractivity contribution in [3.05, 3.63) is 33.5 Å². The van der Waals surface area contributed by atoms with Gasteiger partial charge in [-0.1, -0.05) is 11.6 Å². The molecule has 0 fully saturated rings. The molecule has 0 spiro atoms. The van der Waals surface area contributed by atoms with Gasteiger partial charge in [0.15, 0.2) is 11.5 Å². The Balaban J connectivity index is 2.39. The average molecular weight is 317 g/mol. The molecule has 0 atom stereocenters. The number of hydrogen-bond acceptors (Lipinski definition) is 3. The molecule has 22 heavy (non-hydrogen) atoms. The van der Waals surface area contributed by atoms with Crippen LogP contribution in [0.4, 0.5) is 0 Å². The van der Waals surface area contributed by atoms with Gasteiger partial charge >= 0.3 is 0 Å². The van der Waals surface area contributed by atoms with Gasteiger partial charge in [0.1, 0.15) is 6.07 Å². The maximum Gasteiger partial charge on any atom is 0.179 e. The first kappa shape index (κ1) is 14.8. The van der Waals surface area contributed by atoms with Crippen LogP contribution in [0.2, 0.25) is 5.02 Å². The van der Waals surface area contributed by atoms with Crippen LogP contribution in [0.15, 0.2) is 6.07 Å². The predicted octanol–water partition coefficient (Wildman–Crippen LogP) is 3.87. The zero-order valence-electron chi connectivity index (χ0n) is 13.1. The number of aromatic nitrogens is 1. The van der Waals surface area contributed by atoms with E-state index in [2.05, 4.69) is 10.6 Å². The zero-order chi connectivity index (χ0) is 16.0. The largest absolute Gasteiger partial charge is 0.493 e. The van der Waals surface area contributed by atoms with Crippen LogP contribution >= 0.6 is 11.6 Å². The number of halogens is 1. The van der Waals surface area contributed by atoms with Crippen LogP contribution in [0.1, 0.15) is 22.4 Å². The lowest BCUT2D eigenvalue weighted by molar-refractivity contribution is 0.354. The second-order valence-electron chi connectivity index (χ2n) is 5.40. The van der Waals surface area contributed by atoms with Gasteiger partial charge in [0.05, 0.1) is 30.5 Å². The van der Waals surface area contributed by atoms with Crippen LogP contribution < -0.4 is 9.47 Å². The highest BCUT2D eigenvalue weighted by molar-refractivity contribution is 6.33. The summed E-state index contributed by atoms with van der Waals surface area (Å²) >= 11 is 6.52. The van der Waals surface area contributed by atoms with Crippen LogP contribution in [0.5, 0.6) is 11.5 Å². The fourth-order valence-electron chi connectivity index (χ4n) is 3.23. The van der Waals surface area contributed by atoms with E-state index in [1.807, 2.05) is 19.9 Å². The summed E-state index contributed by atoms with van der Waals surface area (Å²) in [6.07, 6.45) is 0.807.